The molecule has 0 N–H and O–H groups in total. The lowest BCUT2D eigenvalue weighted by atomic mass is 9.74. The third kappa shape index (κ3) is 6.31. The molecule has 4 nitrogen and oxygen atoms in total. The first-order valence-electron chi connectivity index (χ1n) is 10.2. The van der Waals surface area contributed by atoms with Crippen LogP contribution in [0, 0.1) is 11.3 Å². The molecular weight excluding hydrogens is 316 g/mol. The van der Waals surface area contributed by atoms with Crippen LogP contribution in [0.4, 0.5) is 0 Å². The fourth-order valence-corrected chi connectivity index (χ4v) is 3.68. The fourth-order valence-electron chi connectivity index (χ4n) is 3.68. The van der Waals surface area contributed by atoms with Gasteiger partial charge in [0, 0.05) is 6.42 Å². The van der Waals surface area contributed by atoms with Gasteiger partial charge in [-0.2, -0.15) is 0 Å². The lowest BCUT2D eigenvalue weighted by Gasteiger charge is -2.41. The maximum atomic E-state index is 12.4. The summed E-state index contributed by atoms with van der Waals surface area (Å²) in [6.45, 7) is 10.3. The van der Waals surface area contributed by atoms with Gasteiger partial charge in [-0.3, -0.25) is 9.59 Å². The van der Waals surface area contributed by atoms with Crippen LogP contribution < -0.4 is 0 Å². The van der Waals surface area contributed by atoms with Gasteiger partial charge in [-0.1, -0.05) is 40.0 Å². The molecule has 25 heavy (non-hydrogen) atoms. The Hall–Kier alpha value is -1.06. The molecule has 1 saturated carbocycles. The minimum atomic E-state index is -0.457. The monoisotopic (exact) mass is 354 g/mol. The van der Waals surface area contributed by atoms with E-state index in [1.165, 1.54) is 32.1 Å². The minimum Gasteiger partial charge on any atom is -0.465 e. The maximum Gasteiger partial charge on any atom is 0.311 e. The number of hydrogen-bond acceptors (Lipinski definition) is 4. The van der Waals surface area contributed by atoms with Gasteiger partial charge in [-0.05, 0) is 58.3 Å². The molecule has 0 spiro atoms. The number of hydrogen-bond donors (Lipinski definition) is 0. The fraction of sp³-hybridized carbons (Fsp3) is 0.905. The Morgan fingerprint density at radius 3 is 2.08 bits per heavy atom. The lowest BCUT2D eigenvalue weighted by molar-refractivity contribution is -0.170. The Kier molecular flexibility index (Phi) is 8.95. The zero-order valence-electron chi connectivity index (χ0n) is 17.0. The second-order valence-electron chi connectivity index (χ2n) is 8.06. The molecule has 0 aromatic heterocycles. The molecule has 0 aliphatic heterocycles. The van der Waals surface area contributed by atoms with Gasteiger partial charge in [-0.25, -0.2) is 0 Å². The molecule has 0 unspecified atom stereocenters. The minimum absolute atomic E-state index is 0.153. The highest BCUT2D eigenvalue weighted by atomic mass is 16.6. The second kappa shape index (κ2) is 10.2. The summed E-state index contributed by atoms with van der Waals surface area (Å²) in [5.74, 6) is 0.144. The molecule has 0 aromatic rings. The molecule has 4 heteroatoms. The molecular formula is C21H38O4. The highest BCUT2D eigenvalue weighted by Gasteiger charge is 2.39. The summed E-state index contributed by atoms with van der Waals surface area (Å²) in [4.78, 5) is 24.3. The number of esters is 2. The van der Waals surface area contributed by atoms with Crippen LogP contribution >= 0.6 is 0 Å². The van der Waals surface area contributed by atoms with Crippen molar-refractivity contribution in [1.82, 2.24) is 0 Å². The van der Waals surface area contributed by atoms with Gasteiger partial charge in [0.15, 0.2) is 0 Å². The highest BCUT2D eigenvalue weighted by molar-refractivity contribution is 5.75. The van der Waals surface area contributed by atoms with E-state index in [0.29, 0.717) is 18.8 Å². The summed E-state index contributed by atoms with van der Waals surface area (Å²) in [5, 5.41) is 0. The lowest BCUT2D eigenvalue weighted by Crippen LogP contribution is -2.42. The zero-order valence-corrected chi connectivity index (χ0v) is 17.0. The van der Waals surface area contributed by atoms with Gasteiger partial charge in [0.05, 0.1) is 12.0 Å². The van der Waals surface area contributed by atoms with Crippen molar-refractivity contribution in [3.05, 3.63) is 0 Å². The van der Waals surface area contributed by atoms with Gasteiger partial charge in [0.25, 0.3) is 0 Å². The van der Waals surface area contributed by atoms with E-state index in [1.807, 2.05) is 20.8 Å². The molecule has 1 aliphatic carbocycles. The van der Waals surface area contributed by atoms with Crippen molar-refractivity contribution in [1.29, 1.82) is 0 Å². The van der Waals surface area contributed by atoms with E-state index in [1.54, 1.807) is 0 Å². The Labute approximate surface area is 154 Å². The third-order valence-electron chi connectivity index (χ3n) is 6.06. The van der Waals surface area contributed by atoms with Gasteiger partial charge < -0.3 is 9.47 Å². The average Bonchev–Trinajstić information content (AvgIpc) is 2.63. The molecule has 0 aromatic carbocycles. The normalized spacial score (nSPS) is 16.5. The van der Waals surface area contributed by atoms with Gasteiger partial charge in [0.1, 0.15) is 5.60 Å². The Morgan fingerprint density at radius 2 is 1.56 bits per heavy atom. The summed E-state index contributed by atoms with van der Waals surface area (Å²) in [5.41, 5.74) is -0.764. The number of rotatable bonds is 10. The molecule has 0 atom stereocenters. The summed E-state index contributed by atoms with van der Waals surface area (Å²) in [6.07, 6.45) is 9.45. The number of carbonyl (C=O) groups is 2. The predicted octanol–water partition coefficient (Wildman–Crippen LogP) is 5.43. The molecule has 1 fully saturated rings. The molecule has 146 valence electrons. The summed E-state index contributed by atoms with van der Waals surface area (Å²) >= 11 is 0. The van der Waals surface area contributed by atoms with Gasteiger partial charge in [0.2, 0.25) is 0 Å². The Bertz CT molecular complexity index is 418. The van der Waals surface area contributed by atoms with E-state index < -0.39 is 5.41 Å². The van der Waals surface area contributed by atoms with Crippen molar-refractivity contribution in [3.63, 3.8) is 0 Å². The third-order valence-corrected chi connectivity index (χ3v) is 6.06. The van der Waals surface area contributed by atoms with E-state index in [2.05, 4.69) is 13.8 Å². The van der Waals surface area contributed by atoms with Gasteiger partial charge >= 0.3 is 11.9 Å². The van der Waals surface area contributed by atoms with Crippen LogP contribution in [-0.2, 0) is 19.1 Å². The molecule has 1 rings (SSSR count). The Balaban J connectivity index is 2.44. The topological polar surface area (TPSA) is 52.6 Å². The summed E-state index contributed by atoms with van der Waals surface area (Å²) < 4.78 is 11.3. The second-order valence-corrected chi connectivity index (χ2v) is 8.06. The van der Waals surface area contributed by atoms with E-state index in [-0.39, 0.29) is 24.1 Å². The van der Waals surface area contributed by atoms with Crippen LogP contribution in [0.2, 0.25) is 0 Å². The van der Waals surface area contributed by atoms with Crippen LogP contribution in [-0.4, -0.2) is 24.1 Å². The first kappa shape index (κ1) is 22.0. The van der Waals surface area contributed by atoms with Crippen molar-refractivity contribution < 1.29 is 19.1 Å². The number of carbonyl (C=O) groups excluding carboxylic acids is 2. The van der Waals surface area contributed by atoms with E-state index in [9.17, 15) is 9.59 Å². The SMILES string of the molecule is CCC(C)(C)C(=O)OCCCC(=O)OC(CC)(CC)C1CCCCC1. The largest absolute Gasteiger partial charge is 0.465 e. The average molecular weight is 355 g/mol. The maximum absolute atomic E-state index is 12.4. The van der Waals surface area contributed by atoms with Crippen LogP contribution in [0.1, 0.15) is 98.8 Å². The van der Waals surface area contributed by atoms with Crippen LogP contribution in [0.25, 0.3) is 0 Å². The van der Waals surface area contributed by atoms with Crippen molar-refractivity contribution in [3.8, 4) is 0 Å². The van der Waals surface area contributed by atoms with Gasteiger partial charge in [-0.15, -0.1) is 0 Å². The molecule has 1 aliphatic rings. The molecule has 0 amide bonds. The molecule has 0 bridgehead atoms. The van der Waals surface area contributed by atoms with Crippen LogP contribution in [0.3, 0.4) is 0 Å². The first-order valence-corrected chi connectivity index (χ1v) is 10.2. The number of ether oxygens (including phenoxy) is 2. The Morgan fingerprint density at radius 1 is 0.960 bits per heavy atom. The van der Waals surface area contributed by atoms with E-state index in [0.717, 1.165) is 19.3 Å². The zero-order chi connectivity index (χ0) is 18.9. The smallest absolute Gasteiger partial charge is 0.311 e. The summed E-state index contributed by atoms with van der Waals surface area (Å²) in [7, 11) is 0. The first-order chi connectivity index (χ1) is 11.8. The molecule has 0 heterocycles. The molecule has 0 saturated heterocycles. The standard InChI is InChI=1S/C21H38O4/c1-6-20(4,5)19(23)24-16-12-15-18(22)25-21(7-2,8-3)17-13-10-9-11-14-17/h17H,6-16H2,1-5H3. The predicted molar refractivity (Wildman–Crippen MR) is 100 cm³/mol. The van der Waals surface area contributed by atoms with Crippen LogP contribution in [0.15, 0.2) is 0 Å². The molecule has 0 radical (unpaired) electrons. The van der Waals surface area contributed by atoms with Crippen molar-refractivity contribution in [2.24, 2.45) is 11.3 Å². The van der Waals surface area contributed by atoms with Crippen molar-refractivity contribution >= 4 is 11.9 Å². The quantitative estimate of drug-likeness (QED) is 0.388. The van der Waals surface area contributed by atoms with E-state index >= 15 is 0 Å². The highest BCUT2D eigenvalue weighted by Crippen LogP contribution is 2.39. The summed E-state index contributed by atoms with van der Waals surface area (Å²) in [6, 6.07) is 0. The van der Waals surface area contributed by atoms with Crippen molar-refractivity contribution in [2.45, 2.75) is 104 Å². The van der Waals surface area contributed by atoms with Crippen molar-refractivity contribution in [2.75, 3.05) is 6.61 Å². The van der Waals surface area contributed by atoms with Crippen LogP contribution in [0.5, 0.6) is 0 Å². The van der Waals surface area contributed by atoms with E-state index in [4.69, 9.17) is 9.47 Å².